The zero-order valence-corrected chi connectivity index (χ0v) is 9.97. The summed E-state index contributed by atoms with van der Waals surface area (Å²) in [5, 5.41) is 0.426. The van der Waals surface area contributed by atoms with Crippen LogP contribution in [0.2, 0.25) is 0 Å². The Labute approximate surface area is 103 Å². The lowest BCUT2D eigenvalue weighted by Crippen LogP contribution is -2.08. The molecule has 0 spiro atoms. The second-order valence-electron chi connectivity index (χ2n) is 3.88. The van der Waals surface area contributed by atoms with E-state index >= 15 is 0 Å². The van der Waals surface area contributed by atoms with Crippen molar-refractivity contribution < 1.29 is 8.81 Å². The number of aryl methyl sites for hydroxylation is 1. The van der Waals surface area contributed by atoms with Crippen LogP contribution in [0.25, 0.3) is 11.0 Å². The van der Waals surface area contributed by atoms with Crippen LogP contribution in [0.5, 0.6) is 0 Å². The molecule has 0 atom stereocenters. The second-order valence-corrected chi connectivity index (χ2v) is 4.25. The number of hydrogen-bond donors (Lipinski definition) is 0. The van der Waals surface area contributed by atoms with E-state index in [-0.39, 0.29) is 11.0 Å². The topological polar surface area (TPSA) is 30.2 Å². The highest BCUT2D eigenvalue weighted by molar-refractivity contribution is 6.17. The molecule has 2 rings (SSSR count). The molecule has 1 heterocycles. The lowest BCUT2D eigenvalue weighted by Gasteiger charge is -2.01. The van der Waals surface area contributed by atoms with Crippen LogP contribution in [-0.2, 0) is 6.42 Å². The SMILES string of the molecule is O=c1c(CCCCCl)coc2cc(F)ccc12. The lowest BCUT2D eigenvalue weighted by molar-refractivity contribution is 0.578. The Hall–Kier alpha value is -1.35. The largest absolute Gasteiger partial charge is 0.464 e. The van der Waals surface area contributed by atoms with Gasteiger partial charge in [-0.1, -0.05) is 0 Å². The van der Waals surface area contributed by atoms with Crippen LogP contribution in [0.4, 0.5) is 4.39 Å². The van der Waals surface area contributed by atoms with Crippen molar-refractivity contribution in [1.82, 2.24) is 0 Å². The van der Waals surface area contributed by atoms with Gasteiger partial charge in [-0.05, 0) is 31.4 Å². The van der Waals surface area contributed by atoms with Gasteiger partial charge in [-0.25, -0.2) is 4.39 Å². The summed E-state index contributed by atoms with van der Waals surface area (Å²) in [5.74, 6) is 0.181. The van der Waals surface area contributed by atoms with E-state index in [1.54, 1.807) is 0 Å². The van der Waals surface area contributed by atoms with Gasteiger partial charge >= 0.3 is 0 Å². The van der Waals surface area contributed by atoms with Crippen molar-refractivity contribution in [2.24, 2.45) is 0 Å². The summed E-state index contributed by atoms with van der Waals surface area (Å²) in [6, 6.07) is 3.95. The molecule has 2 aromatic rings. The molecule has 0 unspecified atom stereocenters. The molecule has 1 aromatic heterocycles. The van der Waals surface area contributed by atoms with Crippen molar-refractivity contribution in [2.45, 2.75) is 19.3 Å². The highest BCUT2D eigenvalue weighted by atomic mass is 35.5. The highest BCUT2D eigenvalue weighted by Gasteiger charge is 2.07. The van der Waals surface area contributed by atoms with Gasteiger partial charge in [0, 0.05) is 17.5 Å². The molecule has 0 aliphatic rings. The van der Waals surface area contributed by atoms with Crippen molar-refractivity contribution in [1.29, 1.82) is 0 Å². The summed E-state index contributed by atoms with van der Waals surface area (Å²) >= 11 is 5.58. The minimum Gasteiger partial charge on any atom is -0.464 e. The average molecular weight is 255 g/mol. The van der Waals surface area contributed by atoms with Gasteiger partial charge in [0.2, 0.25) is 0 Å². The van der Waals surface area contributed by atoms with E-state index in [4.69, 9.17) is 16.0 Å². The van der Waals surface area contributed by atoms with Crippen molar-refractivity contribution in [3.05, 3.63) is 46.1 Å². The fourth-order valence-electron chi connectivity index (χ4n) is 1.72. The Morgan fingerprint density at radius 2 is 2.12 bits per heavy atom. The molecule has 0 saturated carbocycles. The smallest absolute Gasteiger partial charge is 0.195 e. The van der Waals surface area contributed by atoms with Crippen molar-refractivity contribution in [3.63, 3.8) is 0 Å². The number of fused-ring (bicyclic) bond motifs is 1. The molecule has 0 bridgehead atoms. The van der Waals surface area contributed by atoms with Gasteiger partial charge in [-0.3, -0.25) is 4.79 Å². The molecule has 0 N–H and O–H groups in total. The molecule has 0 fully saturated rings. The Kier molecular flexibility index (Phi) is 3.79. The van der Waals surface area contributed by atoms with E-state index in [2.05, 4.69) is 0 Å². The molecule has 0 radical (unpaired) electrons. The predicted molar refractivity (Wildman–Crippen MR) is 66.1 cm³/mol. The highest BCUT2D eigenvalue weighted by Crippen LogP contribution is 2.14. The van der Waals surface area contributed by atoms with Gasteiger partial charge in [-0.15, -0.1) is 11.6 Å². The maximum Gasteiger partial charge on any atom is 0.195 e. The molecule has 0 aliphatic carbocycles. The van der Waals surface area contributed by atoms with Crippen LogP contribution in [0, 0.1) is 5.82 Å². The first-order chi connectivity index (χ1) is 8.22. The predicted octanol–water partition coefficient (Wildman–Crippen LogP) is 3.49. The quantitative estimate of drug-likeness (QED) is 0.618. The fourth-order valence-corrected chi connectivity index (χ4v) is 1.91. The Morgan fingerprint density at radius 1 is 1.29 bits per heavy atom. The number of halogens is 2. The normalized spacial score (nSPS) is 10.9. The van der Waals surface area contributed by atoms with E-state index in [1.807, 2.05) is 0 Å². The zero-order chi connectivity index (χ0) is 12.3. The van der Waals surface area contributed by atoms with Crippen LogP contribution < -0.4 is 5.43 Å². The van der Waals surface area contributed by atoms with Crippen molar-refractivity contribution >= 4 is 22.6 Å². The number of alkyl halides is 1. The second kappa shape index (κ2) is 5.32. The number of rotatable bonds is 4. The molecule has 0 saturated heterocycles. The zero-order valence-electron chi connectivity index (χ0n) is 9.21. The van der Waals surface area contributed by atoms with Crippen LogP contribution in [-0.4, -0.2) is 5.88 Å². The molecular weight excluding hydrogens is 243 g/mol. The van der Waals surface area contributed by atoms with Gasteiger partial charge in [-0.2, -0.15) is 0 Å². The summed E-state index contributed by atoms with van der Waals surface area (Å²) in [6.07, 6.45) is 3.77. The maximum absolute atomic E-state index is 12.9. The first-order valence-electron chi connectivity index (χ1n) is 5.48. The number of benzene rings is 1. The van der Waals surface area contributed by atoms with Crippen LogP contribution in [0.1, 0.15) is 18.4 Å². The third kappa shape index (κ3) is 2.67. The molecular formula is C13H12ClFO2. The Morgan fingerprint density at radius 3 is 2.88 bits per heavy atom. The van der Waals surface area contributed by atoms with Gasteiger partial charge in [0.25, 0.3) is 0 Å². The molecule has 1 aromatic carbocycles. The molecule has 17 heavy (non-hydrogen) atoms. The van der Waals surface area contributed by atoms with E-state index in [0.29, 0.717) is 23.3 Å². The number of hydrogen-bond acceptors (Lipinski definition) is 2. The number of unbranched alkanes of at least 4 members (excludes halogenated alkanes) is 1. The van der Waals surface area contributed by atoms with E-state index in [9.17, 15) is 9.18 Å². The van der Waals surface area contributed by atoms with Gasteiger partial charge in [0.05, 0.1) is 11.6 Å². The maximum atomic E-state index is 12.9. The Balaban J connectivity index is 2.37. The molecule has 4 heteroatoms. The standard InChI is InChI=1S/C13H12ClFO2/c14-6-2-1-3-9-8-17-12-7-10(15)4-5-11(12)13(9)16/h4-5,7-8H,1-3,6H2. The van der Waals surface area contributed by atoms with E-state index in [0.717, 1.165) is 12.8 Å². The summed E-state index contributed by atoms with van der Waals surface area (Å²) in [5.41, 5.74) is 0.825. The molecule has 0 amide bonds. The third-order valence-electron chi connectivity index (χ3n) is 2.64. The van der Waals surface area contributed by atoms with Gasteiger partial charge < -0.3 is 4.42 Å². The summed E-state index contributed by atoms with van der Waals surface area (Å²) in [7, 11) is 0. The van der Waals surface area contributed by atoms with E-state index in [1.165, 1.54) is 24.5 Å². The third-order valence-corrected chi connectivity index (χ3v) is 2.91. The first-order valence-corrected chi connectivity index (χ1v) is 6.01. The van der Waals surface area contributed by atoms with Crippen LogP contribution in [0.15, 0.2) is 33.7 Å². The van der Waals surface area contributed by atoms with E-state index < -0.39 is 5.82 Å². The summed E-state index contributed by atoms with van der Waals surface area (Å²) in [4.78, 5) is 12.0. The molecule has 2 nitrogen and oxygen atoms in total. The van der Waals surface area contributed by atoms with Crippen molar-refractivity contribution in [2.75, 3.05) is 5.88 Å². The van der Waals surface area contributed by atoms with Gasteiger partial charge in [0.15, 0.2) is 5.43 Å². The van der Waals surface area contributed by atoms with Gasteiger partial charge in [0.1, 0.15) is 11.4 Å². The molecule has 0 aliphatic heterocycles. The van der Waals surface area contributed by atoms with Crippen LogP contribution >= 0.6 is 11.6 Å². The minimum atomic E-state index is -0.407. The van der Waals surface area contributed by atoms with Crippen molar-refractivity contribution in [3.8, 4) is 0 Å². The monoisotopic (exact) mass is 254 g/mol. The fraction of sp³-hybridized carbons (Fsp3) is 0.308. The minimum absolute atomic E-state index is 0.0826. The lowest BCUT2D eigenvalue weighted by atomic mass is 10.1. The summed E-state index contributed by atoms with van der Waals surface area (Å²) < 4.78 is 18.2. The van der Waals surface area contributed by atoms with Crippen LogP contribution in [0.3, 0.4) is 0 Å². The summed E-state index contributed by atoms with van der Waals surface area (Å²) in [6.45, 7) is 0. The Bertz CT molecular complexity index is 577. The average Bonchev–Trinajstić information content (AvgIpc) is 2.32. The first kappa shape index (κ1) is 12.1. The molecule has 90 valence electrons.